The highest BCUT2D eigenvalue weighted by molar-refractivity contribution is 5.28. The Kier molecular flexibility index (Phi) is 6.86. The number of likely N-dealkylation sites (tertiary alicyclic amines) is 1. The molecule has 0 bridgehead atoms. The van der Waals surface area contributed by atoms with Gasteiger partial charge < -0.3 is 19.5 Å². The van der Waals surface area contributed by atoms with Crippen molar-refractivity contribution in [3.8, 4) is 11.5 Å². The van der Waals surface area contributed by atoms with Gasteiger partial charge in [0, 0.05) is 6.54 Å². The monoisotopic (exact) mass is 359 g/mol. The Balaban J connectivity index is 1.39. The highest BCUT2D eigenvalue weighted by atomic mass is 19.1. The Hall–Kier alpha value is -2.11. The number of para-hydroxylation sites is 1. The standard InChI is InChI=1S/C21H26FNO3/c22-19-5-1-2-6-21(19)26-16-15-25-18-9-7-17(8-10-18)20(24)11-14-23-12-3-4-13-23/h1-2,5-10,20,24H,3-4,11-16H2/t20-/m0/s1. The Morgan fingerprint density at radius 1 is 0.962 bits per heavy atom. The zero-order valence-electron chi connectivity index (χ0n) is 14.9. The fourth-order valence-electron chi connectivity index (χ4n) is 3.14. The van der Waals surface area contributed by atoms with E-state index in [2.05, 4.69) is 4.90 Å². The summed E-state index contributed by atoms with van der Waals surface area (Å²) >= 11 is 0. The summed E-state index contributed by atoms with van der Waals surface area (Å²) < 4.78 is 24.4. The number of rotatable bonds is 9. The summed E-state index contributed by atoms with van der Waals surface area (Å²) in [4.78, 5) is 2.40. The third-order valence-electron chi connectivity index (χ3n) is 4.63. The van der Waals surface area contributed by atoms with Crippen LogP contribution >= 0.6 is 0 Å². The Morgan fingerprint density at radius 2 is 1.65 bits per heavy atom. The van der Waals surface area contributed by atoms with Crippen LogP contribution in [0.1, 0.15) is 30.9 Å². The number of ether oxygens (including phenoxy) is 2. The van der Waals surface area contributed by atoms with Crippen LogP contribution in [0.3, 0.4) is 0 Å². The van der Waals surface area contributed by atoms with Gasteiger partial charge in [-0.05, 0) is 62.2 Å². The molecular weight excluding hydrogens is 333 g/mol. The van der Waals surface area contributed by atoms with Gasteiger partial charge in [-0.25, -0.2) is 4.39 Å². The Labute approximate surface area is 154 Å². The van der Waals surface area contributed by atoms with Crippen molar-refractivity contribution in [3.05, 3.63) is 59.9 Å². The van der Waals surface area contributed by atoms with Crippen molar-refractivity contribution in [1.29, 1.82) is 0 Å². The number of aliphatic hydroxyl groups is 1. The largest absolute Gasteiger partial charge is 0.490 e. The van der Waals surface area contributed by atoms with Crippen LogP contribution in [0.5, 0.6) is 11.5 Å². The van der Waals surface area contributed by atoms with Crippen LogP contribution in [-0.2, 0) is 0 Å². The summed E-state index contributed by atoms with van der Waals surface area (Å²) in [7, 11) is 0. The normalized spacial score (nSPS) is 15.8. The summed E-state index contributed by atoms with van der Waals surface area (Å²) in [6.45, 7) is 3.82. The molecule has 2 aromatic carbocycles. The van der Waals surface area contributed by atoms with Crippen LogP contribution < -0.4 is 9.47 Å². The summed E-state index contributed by atoms with van der Waals surface area (Å²) in [6, 6.07) is 13.8. The lowest BCUT2D eigenvalue weighted by Crippen LogP contribution is -2.22. The van der Waals surface area contributed by atoms with Crippen LogP contribution in [0.15, 0.2) is 48.5 Å². The maximum atomic E-state index is 13.4. The molecular formula is C21H26FNO3. The van der Waals surface area contributed by atoms with Gasteiger partial charge in [-0.3, -0.25) is 0 Å². The van der Waals surface area contributed by atoms with Crippen molar-refractivity contribution in [3.63, 3.8) is 0 Å². The zero-order valence-corrected chi connectivity index (χ0v) is 14.9. The van der Waals surface area contributed by atoms with Crippen LogP contribution in [-0.4, -0.2) is 42.9 Å². The number of hydrogen-bond acceptors (Lipinski definition) is 4. The molecule has 0 aromatic heterocycles. The van der Waals surface area contributed by atoms with Crippen LogP contribution in [0.25, 0.3) is 0 Å². The first-order valence-electron chi connectivity index (χ1n) is 9.23. The lowest BCUT2D eigenvalue weighted by Gasteiger charge is -2.18. The van der Waals surface area contributed by atoms with Gasteiger partial charge in [0.25, 0.3) is 0 Å². The van der Waals surface area contributed by atoms with Crippen molar-refractivity contribution in [1.82, 2.24) is 4.90 Å². The molecule has 1 heterocycles. The molecule has 1 aliphatic heterocycles. The number of nitrogens with zero attached hydrogens (tertiary/aromatic N) is 1. The lowest BCUT2D eigenvalue weighted by molar-refractivity contribution is 0.149. The van der Waals surface area contributed by atoms with Gasteiger partial charge in [-0.2, -0.15) is 0 Å². The minimum absolute atomic E-state index is 0.229. The minimum Gasteiger partial charge on any atom is -0.490 e. The van der Waals surface area contributed by atoms with Crippen LogP contribution in [0.4, 0.5) is 4.39 Å². The minimum atomic E-state index is -0.450. The van der Waals surface area contributed by atoms with Gasteiger partial charge in [0.05, 0.1) is 6.10 Å². The third kappa shape index (κ3) is 5.44. The van der Waals surface area contributed by atoms with Crippen molar-refractivity contribution in [2.75, 3.05) is 32.8 Å². The van der Waals surface area contributed by atoms with Crippen molar-refractivity contribution in [2.24, 2.45) is 0 Å². The molecule has 26 heavy (non-hydrogen) atoms. The summed E-state index contributed by atoms with van der Waals surface area (Å²) in [5.74, 6) is 0.560. The SMILES string of the molecule is O[C@@H](CCN1CCCC1)c1ccc(OCCOc2ccccc2F)cc1. The van der Waals surface area contributed by atoms with Crippen molar-refractivity contribution < 1.29 is 19.0 Å². The van der Waals surface area contributed by atoms with E-state index in [1.807, 2.05) is 24.3 Å². The van der Waals surface area contributed by atoms with Gasteiger partial charge in [0.15, 0.2) is 11.6 Å². The first kappa shape index (κ1) is 18.7. The number of halogens is 1. The van der Waals surface area contributed by atoms with E-state index < -0.39 is 6.10 Å². The Bertz CT molecular complexity index is 671. The Morgan fingerprint density at radius 3 is 2.38 bits per heavy atom. The quantitative estimate of drug-likeness (QED) is 0.692. The second-order valence-corrected chi connectivity index (χ2v) is 6.55. The van der Waals surface area contributed by atoms with E-state index in [9.17, 15) is 9.50 Å². The third-order valence-corrected chi connectivity index (χ3v) is 4.63. The van der Waals surface area contributed by atoms with Crippen LogP contribution in [0.2, 0.25) is 0 Å². The molecule has 0 spiro atoms. The highest BCUT2D eigenvalue weighted by Gasteiger charge is 2.14. The fourth-order valence-corrected chi connectivity index (χ4v) is 3.14. The first-order valence-corrected chi connectivity index (χ1v) is 9.23. The summed E-state index contributed by atoms with van der Waals surface area (Å²) in [6.07, 6.45) is 2.83. The van der Waals surface area contributed by atoms with Crippen LogP contribution in [0, 0.1) is 5.82 Å². The first-order chi connectivity index (χ1) is 12.7. The second-order valence-electron chi connectivity index (χ2n) is 6.55. The topological polar surface area (TPSA) is 41.9 Å². The summed E-state index contributed by atoms with van der Waals surface area (Å²) in [5.41, 5.74) is 0.902. The molecule has 0 aliphatic carbocycles. The molecule has 1 saturated heterocycles. The van der Waals surface area contributed by atoms with E-state index in [-0.39, 0.29) is 18.2 Å². The molecule has 1 fully saturated rings. The average Bonchev–Trinajstić information content (AvgIpc) is 3.19. The van der Waals surface area contributed by atoms with E-state index >= 15 is 0 Å². The number of benzene rings is 2. The lowest BCUT2D eigenvalue weighted by atomic mass is 10.1. The van der Waals surface area contributed by atoms with E-state index in [1.165, 1.54) is 18.9 Å². The van der Waals surface area contributed by atoms with Crippen molar-refractivity contribution >= 4 is 0 Å². The van der Waals surface area contributed by atoms with Gasteiger partial charge in [-0.1, -0.05) is 24.3 Å². The second kappa shape index (κ2) is 9.55. The highest BCUT2D eigenvalue weighted by Crippen LogP contribution is 2.21. The maximum absolute atomic E-state index is 13.4. The van der Waals surface area contributed by atoms with Crippen molar-refractivity contribution in [2.45, 2.75) is 25.4 Å². The van der Waals surface area contributed by atoms with E-state index in [0.29, 0.717) is 12.4 Å². The van der Waals surface area contributed by atoms with E-state index in [0.717, 1.165) is 31.6 Å². The fraction of sp³-hybridized carbons (Fsp3) is 0.429. The number of hydrogen-bond donors (Lipinski definition) is 1. The molecule has 1 atom stereocenters. The van der Waals surface area contributed by atoms with Gasteiger partial charge in [-0.15, -0.1) is 0 Å². The molecule has 0 unspecified atom stereocenters. The van der Waals surface area contributed by atoms with Gasteiger partial charge >= 0.3 is 0 Å². The molecule has 4 nitrogen and oxygen atoms in total. The molecule has 0 saturated carbocycles. The molecule has 2 aromatic rings. The number of aliphatic hydroxyl groups excluding tert-OH is 1. The van der Waals surface area contributed by atoms with E-state index in [1.54, 1.807) is 18.2 Å². The predicted molar refractivity (Wildman–Crippen MR) is 99.1 cm³/mol. The predicted octanol–water partition coefficient (Wildman–Crippen LogP) is 3.80. The molecule has 1 N–H and O–H groups in total. The average molecular weight is 359 g/mol. The van der Waals surface area contributed by atoms with Gasteiger partial charge in [0.1, 0.15) is 19.0 Å². The van der Waals surface area contributed by atoms with Gasteiger partial charge in [0.2, 0.25) is 0 Å². The molecule has 0 radical (unpaired) electrons. The molecule has 5 heteroatoms. The molecule has 3 rings (SSSR count). The smallest absolute Gasteiger partial charge is 0.165 e. The maximum Gasteiger partial charge on any atom is 0.165 e. The molecule has 0 amide bonds. The molecule has 140 valence electrons. The zero-order chi connectivity index (χ0) is 18.2. The summed E-state index contributed by atoms with van der Waals surface area (Å²) in [5, 5.41) is 10.3. The molecule has 1 aliphatic rings. The van der Waals surface area contributed by atoms with E-state index in [4.69, 9.17) is 9.47 Å².